The second-order valence-corrected chi connectivity index (χ2v) is 6.51. The minimum Gasteiger partial charge on any atom is -0.338 e. The Balaban J connectivity index is 1.61. The maximum Gasteiger partial charge on any atom is 0.270 e. The second-order valence-electron chi connectivity index (χ2n) is 6.51. The largest absolute Gasteiger partial charge is 0.338 e. The van der Waals surface area contributed by atoms with Crippen LogP contribution in [-0.2, 0) is 4.79 Å². The number of piperidine rings is 1. The van der Waals surface area contributed by atoms with E-state index < -0.39 is 4.92 Å². The van der Waals surface area contributed by atoms with Crippen LogP contribution in [0.25, 0.3) is 6.08 Å². The maximum atomic E-state index is 12.4. The summed E-state index contributed by atoms with van der Waals surface area (Å²) in [7, 11) is 0. The zero-order valence-corrected chi connectivity index (χ0v) is 13.8. The van der Waals surface area contributed by atoms with Gasteiger partial charge >= 0.3 is 0 Å². The van der Waals surface area contributed by atoms with Crippen molar-refractivity contribution in [3.05, 3.63) is 46.0 Å². The Kier molecular flexibility index (Phi) is 5.25. The van der Waals surface area contributed by atoms with Crippen molar-refractivity contribution >= 4 is 17.7 Å². The smallest absolute Gasteiger partial charge is 0.270 e. The van der Waals surface area contributed by atoms with Crippen LogP contribution >= 0.6 is 0 Å². The van der Waals surface area contributed by atoms with Gasteiger partial charge in [0.05, 0.1) is 4.92 Å². The van der Waals surface area contributed by atoms with Crippen molar-refractivity contribution in [1.82, 2.24) is 9.80 Å². The molecule has 0 spiro atoms. The molecular weight excluding hydrogens is 306 g/mol. The van der Waals surface area contributed by atoms with E-state index in [1.165, 1.54) is 37.5 Å². The predicted molar refractivity (Wildman–Crippen MR) is 92.5 cm³/mol. The number of nitro groups is 1. The molecule has 2 aliphatic rings. The fourth-order valence-electron chi connectivity index (χ4n) is 3.57. The molecular formula is C18H23N3O3. The van der Waals surface area contributed by atoms with Crippen LogP contribution in [0.15, 0.2) is 30.3 Å². The summed E-state index contributed by atoms with van der Waals surface area (Å²) in [5.41, 5.74) is 0.710. The molecule has 1 amide bonds. The Morgan fingerprint density at radius 3 is 2.75 bits per heavy atom. The molecule has 6 heteroatoms. The molecule has 2 fully saturated rings. The molecule has 1 aromatic rings. The average Bonchev–Trinajstić information content (AvgIpc) is 3.15. The van der Waals surface area contributed by atoms with Crippen molar-refractivity contribution < 1.29 is 9.72 Å². The summed E-state index contributed by atoms with van der Waals surface area (Å²) in [5.74, 6) is -0.00889. The highest BCUT2D eigenvalue weighted by Crippen LogP contribution is 2.21. The minimum atomic E-state index is -0.426. The molecule has 0 bridgehead atoms. The Morgan fingerprint density at radius 1 is 1.21 bits per heavy atom. The molecule has 2 saturated heterocycles. The number of carbonyl (C=O) groups is 1. The third-order valence-corrected chi connectivity index (χ3v) is 4.86. The van der Waals surface area contributed by atoms with E-state index in [1.807, 2.05) is 4.90 Å². The van der Waals surface area contributed by atoms with E-state index in [4.69, 9.17) is 0 Å². The fraction of sp³-hybridized carbons (Fsp3) is 0.500. The number of nitro benzene ring substituents is 1. The monoisotopic (exact) mass is 329 g/mol. The first-order valence-electron chi connectivity index (χ1n) is 8.59. The summed E-state index contributed by atoms with van der Waals surface area (Å²) in [6.07, 6.45) is 7.92. The molecule has 0 saturated carbocycles. The first-order chi connectivity index (χ1) is 11.6. The lowest BCUT2D eigenvalue weighted by molar-refractivity contribution is -0.384. The van der Waals surface area contributed by atoms with Gasteiger partial charge in [-0.3, -0.25) is 19.8 Å². The molecule has 1 atom stereocenters. The summed E-state index contributed by atoms with van der Waals surface area (Å²) >= 11 is 0. The highest BCUT2D eigenvalue weighted by atomic mass is 16.6. The van der Waals surface area contributed by atoms with Crippen LogP contribution in [-0.4, -0.2) is 52.9 Å². The van der Waals surface area contributed by atoms with Gasteiger partial charge in [-0.25, -0.2) is 0 Å². The van der Waals surface area contributed by atoms with Crippen LogP contribution in [0.1, 0.15) is 31.2 Å². The molecule has 2 aliphatic heterocycles. The highest BCUT2D eigenvalue weighted by molar-refractivity contribution is 5.92. The molecule has 0 N–H and O–H groups in total. The normalized spacial score (nSPS) is 22.2. The molecule has 128 valence electrons. The van der Waals surface area contributed by atoms with Crippen LogP contribution in [0.3, 0.4) is 0 Å². The van der Waals surface area contributed by atoms with Gasteiger partial charge in [-0.1, -0.05) is 12.1 Å². The van der Waals surface area contributed by atoms with Gasteiger partial charge in [0, 0.05) is 37.3 Å². The number of nitrogens with zero attached hydrogens (tertiary/aromatic N) is 3. The van der Waals surface area contributed by atoms with Gasteiger partial charge in [-0.15, -0.1) is 0 Å². The lowest BCUT2D eigenvalue weighted by Gasteiger charge is -2.37. The number of non-ortho nitro benzene ring substituents is 1. The van der Waals surface area contributed by atoms with Crippen LogP contribution < -0.4 is 0 Å². The van der Waals surface area contributed by atoms with Gasteiger partial charge in [0.15, 0.2) is 0 Å². The van der Waals surface area contributed by atoms with E-state index in [0.717, 1.165) is 32.6 Å². The van der Waals surface area contributed by atoms with E-state index in [-0.39, 0.29) is 11.6 Å². The lowest BCUT2D eigenvalue weighted by atomic mass is 10.0. The summed E-state index contributed by atoms with van der Waals surface area (Å²) in [6, 6.07) is 6.81. The zero-order chi connectivity index (χ0) is 16.9. The number of benzene rings is 1. The summed E-state index contributed by atoms with van der Waals surface area (Å²) < 4.78 is 0. The first kappa shape index (κ1) is 16.6. The quantitative estimate of drug-likeness (QED) is 0.484. The molecule has 1 unspecified atom stereocenters. The molecule has 0 radical (unpaired) electrons. The Labute approximate surface area is 141 Å². The SMILES string of the molecule is O=C(/C=C/c1cccc([N+](=O)[O-])c1)N1CCCC(N2CCCC2)C1. The molecule has 0 aliphatic carbocycles. The van der Waals surface area contributed by atoms with Gasteiger partial charge in [-0.05, 0) is 50.4 Å². The highest BCUT2D eigenvalue weighted by Gasteiger charge is 2.28. The second kappa shape index (κ2) is 7.57. The van der Waals surface area contributed by atoms with Crippen LogP contribution in [0, 0.1) is 10.1 Å². The standard InChI is InChI=1S/C18H23N3O3/c22-18(9-8-15-5-3-6-16(13-15)21(23)24)20-12-4-7-17(14-20)19-10-1-2-11-19/h3,5-6,8-9,13,17H,1-2,4,7,10-12,14H2/b9-8+. The summed E-state index contributed by atoms with van der Waals surface area (Å²) in [6.45, 7) is 3.88. The molecule has 3 rings (SSSR count). The van der Waals surface area contributed by atoms with Crippen molar-refractivity contribution in [1.29, 1.82) is 0 Å². The van der Waals surface area contributed by atoms with Gasteiger partial charge in [0.1, 0.15) is 0 Å². The Hall–Kier alpha value is -2.21. The van der Waals surface area contributed by atoms with E-state index >= 15 is 0 Å². The van der Waals surface area contributed by atoms with E-state index in [9.17, 15) is 14.9 Å². The molecule has 2 heterocycles. The van der Waals surface area contributed by atoms with Crippen LogP contribution in [0.4, 0.5) is 5.69 Å². The molecule has 0 aromatic heterocycles. The van der Waals surface area contributed by atoms with E-state index in [1.54, 1.807) is 18.2 Å². The van der Waals surface area contributed by atoms with Gasteiger partial charge in [0.25, 0.3) is 5.69 Å². The fourth-order valence-corrected chi connectivity index (χ4v) is 3.57. The van der Waals surface area contributed by atoms with Gasteiger partial charge in [-0.2, -0.15) is 0 Å². The van der Waals surface area contributed by atoms with Crippen LogP contribution in [0.5, 0.6) is 0 Å². The Bertz CT molecular complexity index is 638. The lowest BCUT2D eigenvalue weighted by Crippen LogP contribution is -2.48. The Morgan fingerprint density at radius 2 is 2.00 bits per heavy atom. The van der Waals surface area contributed by atoms with Crippen molar-refractivity contribution in [2.24, 2.45) is 0 Å². The third-order valence-electron chi connectivity index (χ3n) is 4.86. The topological polar surface area (TPSA) is 66.7 Å². The van der Waals surface area contributed by atoms with Crippen molar-refractivity contribution in [2.75, 3.05) is 26.2 Å². The number of carbonyl (C=O) groups excluding carboxylic acids is 1. The number of amides is 1. The third kappa shape index (κ3) is 4.00. The zero-order valence-electron chi connectivity index (χ0n) is 13.8. The van der Waals surface area contributed by atoms with E-state index in [2.05, 4.69) is 4.90 Å². The van der Waals surface area contributed by atoms with Crippen LogP contribution in [0.2, 0.25) is 0 Å². The predicted octanol–water partition coefficient (Wildman–Crippen LogP) is 2.69. The minimum absolute atomic E-state index is 0.00889. The maximum absolute atomic E-state index is 12.4. The average molecular weight is 329 g/mol. The van der Waals surface area contributed by atoms with Crippen molar-refractivity contribution in [2.45, 2.75) is 31.7 Å². The molecule has 24 heavy (non-hydrogen) atoms. The van der Waals surface area contributed by atoms with Crippen molar-refractivity contribution in [3.63, 3.8) is 0 Å². The molecule has 1 aromatic carbocycles. The first-order valence-corrected chi connectivity index (χ1v) is 8.59. The summed E-state index contributed by atoms with van der Waals surface area (Å²) in [5, 5.41) is 10.8. The number of hydrogen-bond acceptors (Lipinski definition) is 4. The summed E-state index contributed by atoms with van der Waals surface area (Å²) in [4.78, 5) is 27.2. The van der Waals surface area contributed by atoms with Crippen molar-refractivity contribution in [3.8, 4) is 0 Å². The number of rotatable bonds is 4. The number of likely N-dealkylation sites (tertiary alicyclic amines) is 2. The van der Waals surface area contributed by atoms with E-state index in [0.29, 0.717) is 11.6 Å². The molecule has 6 nitrogen and oxygen atoms in total. The van der Waals surface area contributed by atoms with Gasteiger partial charge in [0.2, 0.25) is 5.91 Å². The number of hydrogen-bond donors (Lipinski definition) is 0. The van der Waals surface area contributed by atoms with Gasteiger partial charge < -0.3 is 4.90 Å².